The lowest BCUT2D eigenvalue weighted by atomic mass is 9.99. The van der Waals surface area contributed by atoms with E-state index < -0.39 is 80.1 Å². The van der Waals surface area contributed by atoms with Gasteiger partial charge in [-0.25, -0.2) is 9.59 Å². The summed E-state index contributed by atoms with van der Waals surface area (Å²) in [6.07, 6.45) is -11.4. The minimum atomic E-state index is -2.11. The zero-order chi connectivity index (χ0) is 34.0. The quantitative estimate of drug-likeness (QED) is 0.107. The van der Waals surface area contributed by atoms with Gasteiger partial charge < -0.3 is 73.0 Å². The number of aliphatic hydroxyl groups is 5. The summed E-state index contributed by atoms with van der Waals surface area (Å²) in [4.78, 5) is 24.4. The van der Waals surface area contributed by atoms with Crippen molar-refractivity contribution in [3.8, 4) is 28.7 Å². The molecule has 0 radical (unpaired) electrons. The molecular weight excluding hydrogens is 632 g/mol. The van der Waals surface area contributed by atoms with Crippen molar-refractivity contribution in [2.24, 2.45) is 0 Å². The van der Waals surface area contributed by atoms with E-state index in [9.17, 15) is 40.2 Å². The van der Waals surface area contributed by atoms with Gasteiger partial charge in [-0.1, -0.05) is 0 Å². The molecule has 0 saturated carbocycles. The number of fused-ring (bicyclic) bond motifs is 1. The van der Waals surface area contributed by atoms with Gasteiger partial charge in [-0.15, -0.1) is 0 Å². The van der Waals surface area contributed by atoms with Crippen LogP contribution < -0.4 is 24.6 Å². The number of methoxy groups -OCH3 is 3. The van der Waals surface area contributed by atoms with E-state index in [1.165, 1.54) is 57.7 Å². The van der Waals surface area contributed by atoms with Gasteiger partial charge in [0.05, 0.1) is 40.1 Å². The lowest BCUT2D eigenvalue weighted by molar-refractivity contribution is -0.289. The number of phenolic OH excluding ortho intramolecular Hbond substituents is 1. The van der Waals surface area contributed by atoms with Gasteiger partial charge in [0.1, 0.15) is 42.7 Å². The van der Waals surface area contributed by atoms with Gasteiger partial charge in [0, 0.05) is 17.5 Å². The Bertz CT molecular complexity index is 1620. The van der Waals surface area contributed by atoms with Gasteiger partial charge >= 0.3 is 11.6 Å². The molecule has 2 saturated heterocycles. The number of rotatable bonds is 11. The second-order valence-electron chi connectivity index (χ2n) is 10.8. The van der Waals surface area contributed by atoms with Crippen molar-refractivity contribution in [1.29, 1.82) is 0 Å². The largest absolute Gasteiger partial charge is 0.502 e. The molecule has 3 aromatic rings. The molecule has 2 aliphatic heterocycles. The number of ether oxygens (including phenoxy) is 8. The molecule has 256 valence electrons. The van der Waals surface area contributed by atoms with Gasteiger partial charge in [0.15, 0.2) is 34.9 Å². The Labute approximate surface area is 265 Å². The number of carbonyl (C=O) groups excluding carboxylic acids is 1. The van der Waals surface area contributed by atoms with Gasteiger partial charge in [-0.3, -0.25) is 0 Å². The fourth-order valence-electron chi connectivity index (χ4n) is 5.00. The highest BCUT2D eigenvalue weighted by molar-refractivity contribution is 5.91. The maximum absolute atomic E-state index is 12.7. The number of phenols is 1. The summed E-state index contributed by atoms with van der Waals surface area (Å²) in [5, 5.41) is 63.9. The van der Waals surface area contributed by atoms with Crippen molar-refractivity contribution in [3.05, 3.63) is 52.4 Å². The van der Waals surface area contributed by atoms with Crippen LogP contribution in [0.3, 0.4) is 0 Å². The van der Waals surface area contributed by atoms with Crippen molar-refractivity contribution in [1.82, 2.24) is 0 Å². The third-order valence-corrected chi connectivity index (χ3v) is 7.72. The van der Waals surface area contributed by atoms with Crippen LogP contribution in [-0.4, -0.2) is 126 Å². The molecule has 17 heteroatoms. The summed E-state index contributed by atoms with van der Waals surface area (Å²) in [5.74, 6) is -1.22. The fraction of sp³-hybridized carbons (Fsp3) is 0.467. The molecule has 2 aromatic carbocycles. The van der Waals surface area contributed by atoms with E-state index in [1.807, 2.05) is 0 Å². The van der Waals surface area contributed by atoms with Crippen LogP contribution in [0.4, 0.5) is 0 Å². The first-order chi connectivity index (χ1) is 22.4. The van der Waals surface area contributed by atoms with E-state index in [4.69, 9.17) is 42.3 Å². The van der Waals surface area contributed by atoms with E-state index in [0.29, 0.717) is 5.39 Å². The molecule has 0 aliphatic carbocycles. The highest BCUT2D eigenvalue weighted by atomic mass is 16.7. The monoisotopic (exact) mass is 666 g/mol. The van der Waals surface area contributed by atoms with E-state index in [1.54, 1.807) is 0 Å². The van der Waals surface area contributed by atoms with Gasteiger partial charge in [-0.2, -0.15) is 0 Å². The maximum atomic E-state index is 12.7. The third kappa shape index (κ3) is 6.92. The average Bonchev–Trinajstić information content (AvgIpc) is 3.35. The van der Waals surface area contributed by atoms with E-state index in [-0.39, 0.29) is 39.9 Å². The van der Waals surface area contributed by atoms with Crippen LogP contribution in [0.5, 0.6) is 28.7 Å². The SMILES string of the molecule is COc1cc2ccc(=O)oc2cc1OC1OC(COC2OCC(O)(COC(=O)c3cc(OC)c(O)c(OC)c3)C2O)C(O)C(O)C1O. The zero-order valence-electron chi connectivity index (χ0n) is 25.3. The van der Waals surface area contributed by atoms with Crippen LogP contribution in [0.15, 0.2) is 45.6 Å². The Hall–Kier alpha value is -4.20. The summed E-state index contributed by atoms with van der Waals surface area (Å²) >= 11 is 0. The molecule has 8 unspecified atom stereocenters. The predicted molar refractivity (Wildman–Crippen MR) is 154 cm³/mol. The Morgan fingerprint density at radius 2 is 1.57 bits per heavy atom. The molecule has 0 bridgehead atoms. The number of aliphatic hydroxyl groups excluding tert-OH is 4. The van der Waals surface area contributed by atoms with E-state index in [0.717, 1.165) is 0 Å². The highest BCUT2D eigenvalue weighted by Gasteiger charge is 2.51. The number of hydrogen-bond donors (Lipinski definition) is 6. The second kappa shape index (κ2) is 13.9. The molecule has 2 fully saturated rings. The first-order valence-electron chi connectivity index (χ1n) is 14.1. The van der Waals surface area contributed by atoms with Crippen LogP contribution in [0.2, 0.25) is 0 Å². The molecule has 0 amide bonds. The van der Waals surface area contributed by atoms with Crippen molar-refractivity contribution < 1.29 is 77.7 Å². The second-order valence-corrected chi connectivity index (χ2v) is 10.8. The normalized spacial score (nSPS) is 29.0. The summed E-state index contributed by atoms with van der Waals surface area (Å²) in [7, 11) is 3.91. The first-order valence-corrected chi connectivity index (χ1v) is 14.1. The summed E-state index contributed by atoms with van der Waals surface area (Å²) in [6.45, 7) is -1.78. The number of aromatic hydroxyl groups is 1. The maximum Gasteiger partial charge on any atom is 0.338 e. The Balaban J connectivity index is 1.21. The van der Waals surface area contributed by atoms with Crippen molar-refractivity contribution >= 4 is 16.9 Å². The highest BCUT2D eigenvalue weighted by Crippen LogP contribution is 2.38. The van der Waals surface area contributed by atoms with Crippen molar-refractivity contribution in [2.45, 2.75) is 48.7 Å². The molecule has 3 heterocycles. The number of hydrogen-bond acceptors (Lipinski definition) is 17. The molecule has 47 heavy (non-hydrogen) atoms. The van der Waals surface area contributed by atoms with Gasteiger partial charge in [-0.05, 0) is 24.3 Å². The van der Waals surface area contributed by atoms with Crippen LogP contribution >= 0.6 is 0 Å². The summed E-state index contributed by atoms with van der Waals surface area (Å²) in [6, 6.07) is 7.99. The Morgan fingerprint density at radius 1 is 0.894 bits per heavy atom. The van der Waals surface area contributed by atoms with Crippen LogP contribution in [0.25, 0.3) is 11.0 Å². The number of esters is 1. The van der Waals surface area contributed by atoms with E-state index in [2.05, 4.69) is 0 Å². The molecule has 5 rings (SSSR count). The molecule has 6 N–H and O–H groups in total. The number of carbonyl (C=O) groups is 1. The number of benzene rings is 2. The zero-order valence-corrected chi connectivity index (χ0v) is 25.3. The molecule has 0 spiro atoms. The van der Waals surface area contributed by atoms with Crippen LogP contribution in [-0.2, 0) is 18.9 Å². The Morgan fingerprint density at radius 3 is 2.23 bits per heavy atom. The minimum absolute atomic E-state index is 0.0139. The predicted octanol–water partition coefficient (Wildman–Crippen LogP) is -0.967. The average molecular weight is 667 g/mol. The smallest absolute Gasteiger partial charge is 0.338 e. The van der Waals surface area contributed by atoms with Gasteiger partial charge in [0.25, 0.3) is 0 Å². The Kier molecular flexibility index (Phi) is 10.1. The molecule has 2 aliphatic rings. The fourth-order valence-corrected chi connectivity index (χ4v) is 5.00. The van der Waals surface area contributed by atoms with Gasteiger partial charge in [0.2, 0.25) is 12.0 Å². The molecule has 1 aromatic heterocycles. The standard InChI is InChI=1S/C30H34O17/c1-39-16-6-13-4-5-21(31)45-15(13)9-17(16)46-28-25(35)24(34)23(33)20(47-28)10-42-29-26(36)30(38,12-44-29)11-43-27(37)14-7-18(40-2)22(32)19(8-14)41-3/h4-9,20,23-26,28-29,32-36,38H,10-12H2,1-3H3. The van der Waals surface area contributed by atoms with Crippen LogP contribution in [0.1, 0.15) is 10.4 Å². The summed E-state index contributed by atoms with van der Waals surface area (Å²) in [5.41, 5.74) is -2.65. The summed E-state index contributed by atoms with van der Waals surface area (Å²) < 4.78 is 48.1. The first kappa shape index (κ1) is 34.1. The lowest BCUT2D eigenvalue weighted by Crippen LogP contribution is -2.60. The molecular formula is C30H34O17. The molecule has 8 atom stereocenters. The third-order valence-electron chi connectivity index (χ3n) is 7.72. The van der Waals surface area contributed by atoms with E-state index >= 15 is 0 Å². The molecule has 17 nitrogen and oxygen atoms in total. The topological polar surface area (TPSA) is 242 Å². The van der Waals surface area contributed by atoms with Crippen LogP contribution in [0, 0.1) is 0 Å². The van der Waals surface area contributed by atoms with Crippen molar-refractivity contribution in [2.75, 3.05) is 41.2 Å². The minimum Gasteiger partial charge on any atom is -0.502 e. The lowest BCUT2D eigenvalue weighted by Gasteiger charge is -2.40. The van der Waals surface area contributed by atoms with Crippen molar-refractivity contribution in [3.63, 3.8) is 0 Å².